The summed E-state index contributed by atoms with van der Waals surface area (Å²) in [6.45, 7) is 4.54. The molecule has 0 bridgehead atoms. The number of hydrogen-bond donors (Lipinski definition) is 1. The smallest absolute Gasteiger partial charge is 0.265 e. The van der Waals surface area contributed by atoms with E-state index >= 15 is 0 Å². The van der Waals surface area contributed by atoms with Crippen LogP contribution in [0.1, 0.15) is 37.3 Å². The van der Waals surface area contributed by atoms with Crippen LogP contribution < -0.4 is 14.4 Å². The van der Waals surface area contributed by atoms with Gasteiger partial charge in [0.15, 0.2) is 0 Å². The van der Waals surface area contributed by atoms with Crippen molar-refractivity contribution in [3.8, 4) is 5.75 Å². The van der Waals surface area contributed by atoms with Gasteiger partial charge in [-0.2, -0.15) is 0 Å². The molecule has 150 valence electrons. The largest absolute Gasteiger partial charge is 0.495 e. The number of benzene rings is 2. The molecule has 1 N–H and O–H groups in total. The number of carbonyl (C=O) groups excluding carboxylic acids is 1. The van der Waals surface area contributed by atoms with Crippen LogP contribution in [0.25, 0.3) is 0 Å². The zero-order valence-corrected chi connectivity index (χ0v) is 17.3. The molecule has 0 radical (unpaired) electrons. The Morgan fingerprint density at radius 3 is 2.61 bits per heavy atom. The molecular weight excluding hydrogens is 376 g/mol. The van der Waals surface area contributed by atoms with Crippen molar-refractivity contribution in [2.45, 2.75) is 44.4 Å². The zero-order valence-electron chi connectivity index (χ0n) is 16.5. The van der Waals surface area contributed by atoms with Crippen molar-refractivity contribution >= 4 is 27.3 Å². The van der Waals surface area contributed by atoms with Crippen molar-refractivity contribution in [2.24, 2.45) is 0 Å². The summed E-state index contributed by atoms with van der Waals surface area (Å²) in [6.07, 6.45) is 3.09. The minimum Gasteiger partial charge on any atom is -0.495 e. The highest BCUT2D eigenvalue weighted by molar-refractivity contribution is 7.92. The second-order valence-electron chi connectivity index (χ2n) is 6.95. The summed E-state index contributed by atoms with van der Waals surface area (Å²) in [5.41, 5.74) is 3.01. The number of methoxy groups -OCH3 is 1. The van der Waals surface area contributed by atoms with E-state index in [0.717, 1.165) is 36.1 Å². The minimum absolute atomic E-state index is 0.0756. The molecule has 0 atom stereocenters. The quantitative estimate of drug-likeness (QED) is 0.795. The van der Waals surface area contributed by atoms with E-state index in [1.54, 1.807) is 29.2 Å². The Morgan fingerprint density at radius 2 is 1.93 bits per heavy atom. The predicted molar refractivity (Wildman–Crippen MR) is 111 cm³/mol. The highest BCUT2D eigenvalue weighted by Crippen LogP contribution is 2.31. The van der Waals surface area contributed by atoms with Gasteiger partial charge in [-0.15, -0.1) is 0 Å². The summed E-state index contributed by atoms with van der Waals surface area (Å²) < 4.78 is 33.9. The van der Waals surface area contributed by atoms with Crippen LogP contribution in [0.3, 0.4) is 0 Å². The molecule has 0 saturated carbocycles. The first-order chi connectivity index (χ1) is 13.4. The van der Waals surface area contributed by atoms with Crippen LogP contribution in [-0.4, -0.2) is 28.0 Å². The van der Waals surface area contributed by atoms with Gasteiger partial charge in [-0.3, -0.25) is 9.52 Å². The number of sulfonamides is 1. The summed E-state index contributed by atoms with van der Waals surface area (Å²) >= 11 is 0. The SMILES string of the molecule is CCc1ccc(OC)c(S(=O)(=O)Nc2ccc(C)c(N3CCCCC3=O)c2)c1. The molecule has 1 saturated heterocycles. The van der Waals surface area contributed by atoms with Gasteiger partial charge in [0.1, 0.15) is 10.6 Å². The first-order valence-electron chi connectivity index (χ1n) is 9.46. The van der Waals surface area contributed by atoms with Crippen molar-refractivity contribution in [2.75, 3.05) is 23.3 Å². The predicted octanol–water partition coefficient (Wildman–Crippen LogP) is 3.88. The average molecular weight is 403 g/mol. The van der Waals surface area contributed by atoms with Crippen molar-refractivity contribution in [1.29, 1.82) is 0 Å². The number of hydrogen-bond acceptors (Lipinski definition) is 4. The van der Waals surface area contributed by atoms with Crippen LogP contribution in [0.2, 0.25) is 0 Å². The highest BCUT2D eigenvalue weighted by atomic mass is 32.2. The van der Waals surface area contributed by atoms with Gasteiger partial charge in [0, 0.05) is 18.7 Å². The number of ether oxygens (including phenoxy) is 1. The van der Waals surface area contributed by atoms with Crippen molar-refractivity contribution in [1.82, 2.24) is 0 Å². The lowest BCUT2D eigenvalue weighted by molar-refractivity contribution is -0.119. The maximum absolute atomic E-state index is 13.0. The number of rotatable bonds is 6. The molecule has 7 heteroatoms. The van der Waals surface area contributed by atoms with Gasteiger partial charge in [-0.05, 0) is 61.6 Å². The van der Waals surface area contributed by atoms with Gasteiger partial charge in [0.25, 0.3) is 10.0 Å². The molecule has 0 aliphatic carbocycles. The maximum Gasteiger partial charge on any atom is 0.265 e. The number of anilines is 2. The maximum atomic E-state index is 13.0. The highest BCUT2D eigenvalue weighted by Gasteiger charge is 2.23. The van der Waals surface area contributed by atoms with E-state index in [4.69, 9.17) is 4.74 Å². The van der Waals surface area contributed by atoms with Crippen LogP contribution in [0.5, 0.6) is 5.75 Å². The summed E-state index contributed by atoms with van der Waals surface area (Å²) in [5, 5.41) is 0. The molecule has 1 aliphatic rings. The van der Waals surface area contributed by atoms with E-state index in [-0.39, 0.29) is 10.8 Å². The fourth-order valence-corrected chi connectivity index (χ4v) is 4.66. The van der Waals surface area contributed by atoms with E-state index in [2.05, 4.69) is 4.72 Å². The second-order valence-corrected chi connectivity index (χ2v) is 8.60. The lowest BCUT2D eigenvalue weighted by Crippen LogP contribution is -2.35. The molecule has 28 heavy (non-hydrogen) atoms. The molecule has 2 aromatic rings. The Kier molecular flexibility index (Phi) is 5.93. The Hall–Kier alpha value is -2.54. The molecule has 6 nitrogen and oxygen atoms in total. The van der Waals surface area contributed by atoms with E-state index in [1.165, 1.54) is 7.11 Å². The topological polar surface area (TPSA) is 75.7 Å². The molecular formula is C21H26N2O4S. The van der Waals surface area contributed by atoms with E-state index in [1.807, 2.05) is 26.0 Å². The Labute approximate surface area is 166 Å². The summed E-state index contributed by atoms with van der Waals surface area (Å²) in [6, 6.07) is 10.4. The van der Waals surface area contributed by atoms with Gasteiger partial charge in [0.2, 0.25) is 5.91 Å². The summed E-state index contributed by atoms with van der Waals surface area (Å²) in [4.78, 5) is 14.1. The number of amides is 1. The third-order valence-electron chi connectivity index (χ3n) is 5.00. The number of carbonyl (C=O) groups is 1. The molecule has 1 fully saturated rings. The summed E-state index contributed by atoms with van der Waals surface area (Å²) in [5.74, 6) is 0.370. The third kappa shape index (κ3) is 4.14. The fraction of sp³-hybridized carbons (Fsp3) is 0.381. The number of piperidine rings is 1. The van der Waals surface area contributed by atoms with Crippen LogP contribution in [0.15, 0.2) is 41.3 Å². The molecule has 0 aromatic heterocycles. The van der Waals surface area contributed by atoms with Crippen LogP contribution in [-0.2, 0) is 21.2 Å². The molecule has 3 rings (SSSR count). The number of aryl methyl sites for hydroxylation is 2. The van der Waals surface area contributed by atoms with Crippen LogP contribution >= 0.6 is 0 Å². The fourth-order valence-electron chi connectivity index (χ4n) is 3.39. The van der Waals surface area contributed by atoms with Crippen molar-refractivity contribution in [3.05, 3.63) is 47.5 Å². The standard InChI is InChI=1S/C21H26N2O4S/c1-4-16-9-11-19(27-3)20(13-16)28(25,26)22-17-10-8-15(2)18(14-17)23-12-6-5-7-21(23)24/h8-11,13-14,22H,4-7,12H2,1-3H3. The van der Waals surface area contributed by atoms with E-state index in [9.17, 15) is 13.2 Å². The third-order valence-corrected chi connectivity index (χ3v) is 6.40. The normalized spacial score (nSPS) is 14.8. The van der Waals surface area contributed by atoms with Crippen molar-refractivity contribution in [3.63, 3.8) is 0 Å². The van der Waals surface area contributed by atoms with Gasteiger partial charge in [-0.1, -0.05) is 19.1 Å². The van der Waals surface area contributed by atoms with Gasteiger partial charge in [0.05, 0.1) is 12.8 Å². The van der Waals surface area contributed by atoms with Crippen molar-refractivity contribution < 1.29 is 17.9 Å². The molecule has 0 spiro atoms. The first-order valence-corrected chi connectivity index (χ1v) is 10.9. The molecule has 1 amide bonds. The zero-order chi connectivity index (χ0) is 20.3. The van der Waals surface area contributed by atoms with Crippen LogP contribution in [0, 0.1) is 6.92 Å². The minimum atomic E-state index is -3.84. The monoisotopic (exact) mass is 402 g/mol. The van der Waals surface area contributed by atoms with Gasteiger partial charge >= 0.3 is 0 Å². The van der Waals surface area contributed by atoms with E-state index < -0.39 is 10.0 Å². The number of nitrogens with zero attached hydrogens (tertiary/aromatic N) is 1. The van der Waals surface area contributed by atoms with E-state index in [0.29, 0.717) is 24.4 Å². The molecule has 1 heterocycles. The molecule has 0 unspecified atom stereocenters. The Morgan fingerprint density at radius 1 is 1.14 bits per heavy atom. The Balaban J connectivity index is 1.95. The lowest BCUT2D eigenvalue weighted by Gasteiger charge is -2.28. The lowest BCUT2D eigenvalue weighted by atomic mass is 10.1. The second kappa shape index (κ2) is 8.22. The average Bonchev–Trinajstić information content (AvgIpc) is 2.69. The molecule has 1 aliphatic heterocycles. The summed E-state index contributed by atoms with van der Waals surface area (Å²) in [7, 11) is -2.39. The van der Waals surface area contributed by atoms with Gasteiger partial charge in [-0.25, -0.2) is 8.42 Å². The Bertz CT molecular complexity index is 986. The molecule has 2 aromatic carbocycles. The van der Waals surface area contributed by atoms with Gasteiger partial charge < -0.3 is 9.64 Å². The number of nitrogens with one attached hydrogen (secondary N) is 1. The van der Waals surface area contributed by atoms with Crippen LogP contribution in [0.4, 0.5) is 11.4 Å². The first kappa shape index (κ1) is 20.2.